The highest BCUT2D eigenvalue weighted by atomic mass is 16.5. The smallest absolute Gasteiger partial charge is 0.317 e. The van der Waals surface area contributed by atoms with Gasteiger partial charge >= 0.3 is 12.1 Å². The number of likely N-dealkylation sites (N-methyl/N-ethyl adjacent to an activating group) is 2. The van der Waals surface area contributed by atoms with Crippen LogP contribution in [0.1, 0.15) is 44.9 Å². The van der Waals surface area contributed by atoms with E-state index in [0.29, 0.717) is 58.2 Å². The average molecular weight is 868 g/mol. The number of hydrazine groups is 1. The molecule has 0 radical (unpaired) electrons. The second-order valence-corrected chi connectivity index (χ2v) is 16.8. The Bertz CT molecular complexity index is 1770. The first kappa shape index (κ1) is 49.7. The number of benzene rings is 2. The summed E-state index contributed by atoms with van der Waals surface area (Å²) in [5.74, 6) is -4.14. The highest BCUT2D eigenvalue weighted by Gasteiger charge is 2.41. The molecule has 2 unspecified atom stereocenters. The molecule has 4 rings (SSSR count). The average Bonchev–Trinajstić information content (AvgIpc) is 3.26. The van der Waals surface area contributed by atoms with Crippen molar-refractivity contribution < 1.29 is 44.0 Å². The number of nitrogens with zero attached hydrogens (tertiary/aromatic N) is 5. The highest BCUT2D eigenvalue weighted by Crippen LogP contribution is 2.31. The number of phenolic OH excluding ortho intramolecular Hbond substituents is 2. The van der Waals surface area contributed by atoms with Crippen molar-refractivity contribution in [3.05, 3.63) is 66.2 Å². The molecule has 0 bridgehead atoms. The molecular formula is C44H69N9O9. The van der Waals surface area contributed by atoms with E-state index < -0.39 is 78.0 Å². The molecule has 5 atom stereocenters. The molecule has 0 aliphatic carbocycles. The van der Waals surface area contributed by atoms with Gasteiger partial charge in [-0.1, -0.05) is 64.6 Å². The normalized spacial score (nSPS) is 17.3. The molecule has 8 N–H and O–H groups in total. The van der Waals surface area contributed by atoms with Crippen LogP contribution in [0.4, 0.5) is 9.59 Å². The number of aliphatic hydroxyl groups is 1. The van der Waals surface area contributed by atoms with E-state index in [9.17, 15) is 34.5 Å². The van der Waals surface area contributed by atoms with Gasteiger partial charge in [0.2, 0.25) is 0 Å². The third-order valence-corrected chi connectivity index (χ3v) is 11.4. The standard InChI is InChI=1S/C44H69N9O9/c1-29(2)39(46-43(59)49(6)15-17-51-19-23-61-24-20-51)41(57)37(38(45)32-11-9-8-10-12-32)36(56)28-53(31(5)33-13-14-34(54)35(55)27-33)48-42(58)40(30(3)4)47-44(60)50(7)16-18-52-21-25-62-26-22-52/h8-14,27,29-30,36-40,54-56H,5,15-26,28,45H2,1-4,6-7H3,(H,46,59)(H,47,60)(H,48,58)/t36-,37?,38?,39-,40-/m0/s1. The second kappa shape index (κ2) is 24.0. The summed E-state index contributed by atoms with van der Waals surface area (Å²) in [4.78, 5) is 63.5. The summed E-state index contributed by atoms with van der Waals surface area (Å²) in [7, 11) is 3.31. The van der Waals surface area contributed by atoms with Crippen LogP contribution in [0.5, 0.6) is 11.5 Å². The predicted molar refractivity (Wildman–Crippen MR) is 236 cm³/mol. The molecule has 18 nitrogen and oxygen atoms in total. The maximum absolute atomic E-state index is 14.8. The first-order valence-electron chi connectivity index (χ1n) is 21.4. The van der Waals surface area contributed by atoms with Crippen molar-refractivity contribution in [3.8, 4) is 11.5 Å². The Kier molecular flexibility index (Phi) is 19.2. The SMILES string of the molecule is C=C(c1ccc(O)c(O)c1)N(C[C@H](O)C(C(=O)[C@@H](NC(=O)N(C)CCN1CCOCC1)C(C)C)C(N)c1ccccc1)NC(=O)[C@@H](NC(=O)N(C)CCN1CCOCC1)C(C)C. The maximum atomic E-state index is 14.8. The molecule has 2 aliphatic heterocycles. The number of hydrogen-bond donors (Lipinski definition) is 7. The molecule has 0 aromatic heterocycles. The molecule has 62 heavy (non-hydrogen) atoms. The number of nitrogens with one attached hydrogen (secondary N) is 3. The van der Waals surface area contributed by atoms with E-state index in [2.05, 4.69) is 32.4 Å². The molecule has 2 heterocycles. The van der Waals surface area contributed by atoms with Crippen LogP contribution in [0.15, 0.2) is 55.1 Å². The molecule has 5 amide bonds. The van der Waals surface area contributed by atoms with Crippen molar-refractivity contribution in [1.29, 1.82) is 0 Å². The van der Waals surface area contributed by atoms with E-state index in [1.54, 1.807) is 72.1 Å². The van der Waals surface area contributed by atoms with Gasteiger partial charge < -0.3 is 51.0 Å². The number of morpholine rings is 2. The minimum atomic E-state index is -1.59. The lowest BCUT2D eigenvalue weighted by atomic mass is 9.80. The minimum Gasteiger partial charge on any atom is -0.504 e. The summed E-state index contributed by atoms with van der Waals surface area (Å²) >= 11 is 0. The van der Waals surface area contributed by atoms with Gasteiger partial charge in [0.25, 0.3) is 5.91 Å². The fourth-order valence-electron chi connectivity index (χ4n) is 7.30. The van der Waals surface area contributed by atoms with Crippen molar-refractivity contribution in [3.63, 3.8) is 0 Å². The topological polar surface area (TPSA) is 226 Å². The number of carbonyl (C=O) groups excluding carboxylic acids is 4. The van der Waals surface area contributed by atoms with Crippen molar-refractivity contribution >= 4 is 29.4 Å². The zero-order valence-corrected chi connectivity index (χ0v) is 37.2. The number of ether oxygens (including phenoxy) is 2. The van der Waals surface area contributed by atoms with Crippen molar-refractivity contribution in [2.24, 2.45) is 23.5 Å². The van der Waals surface area contributed by atoms with Gasteiger partial charge in [-0.2, -0.15) is 0 Å². The summed E-state index contributed by atoms with van der Waals surface area (Å²) in [5.41, 5.74) is 10.6. The summed E-state index contributed by atoms with van der Waals surface area (Å²) in [5, 5.41) is 39.7. The van der Waals surface area contributed by atoms with Crippen LogP contribution in [-0.2, 0) is 19.1 Å². The Hall–Kier alpha value is -4.98. The summed E-state index contributed by atoms with van der Waals surface area (Å²) in [6, 6.07) is 8.66. The number of hydrogen-bond acceptors (Lipinski definition) is 13. The quantitative estimate of drug-likeness (QED) is 0.0701. The van der Waals surface area contributed by atoms with Crippen LogP contribution in [-0.4, -0.2) is 181 Å². The molecule has 2 saturated heterocycles. The van der Waals surface area contributed by atoms with E-state index in [4.69, 9.17) is 15.2 Å². The number of amides is 5. The number of aromatic hydroxyl groups is 2. The molecule has 2 aromatic carbocycles. The van der Waals surface area contributed by atoms with Crippen LogP contribution < -0.4 is 21.8 Å². The number of phenols is 2. The Balaban J connectivity index is 1.60. The third kappa shape index (κ3) is 14.3. The molecular weight excluding hydrogens is 799 g/mol. The van der Waals surface area contributed by atoms with Gasteiger partial charge in [-0.3, -0.25) is 29.8 Å². The van der Waals surface area contributed by atoms with Gasteiger partial charge in [0.1, 0.15) is 6.04 Å². The number of Topliss-reactive ketones (excluding diaryl/α,β-unsaturated/α-hetero) is 1. The number of nitrogens with two attached hydrogens (primary N) is 1. The molecule has 0 saturated carbocycles. The van der Waals surface area contributed by atoms with Crippen LogP contribution >= 0.6 is 0 Å². The van der Waals surface area contributed by atoms with Crippen molar-refractivity contribution in [2.45, 2.75) is 51.9 Å². The molecule has 344 valence electrons. The summed E-state index contributed by atoms with van der Waals surface area (Å²) in [6.45, 7) is 18.5. The summed E-state index contributed by atoms with van der Waals surface area (Å²) < 4.78 is 10.9. The first-order valence-corrected chi connectivity index (χ1v) is 21.4. The third-order valence-electron chi connectivity index (χ3n) is 11.4. The molecule has 2 aliphatic rings. The molecule has 18 heteroatoms. The predicted octanol–water partition coefficient (Wildman–Crippen LogP) is 1.64. The van der Waals surface area contributed by atoms with Gasteiger partial charge in [-0.05, 0) is 35.6 Å². The molecule has 2 aromatic rings. The Labute approximate surface area is 365 Å². The lowest BCUT2D eigenvalue weighted by Gasteiger charge is -2.37. The highest BCUT2D eigenvalue weighted by molar-refractivity contribution is 5.91. The van der Waals surface area contributed by atoms with Crippen molar-refractivity contribution in [2.75, 3.05) is 99.4 Å². The largest absolute Gasteiger partial charge is 0.504 e. The van der Waals surface area contributed by atoms with Crippen LogP contribution in [0.25, 0.3) is 5.70 Å². The van der Waals surface area contributed by atoms with Crippen molar-refractivity contribution in [1.82, 2.24) is 40.7 Å². The van der Waals surface area contributed by atoms with Crippen LogP contribution in [0.2, 0.25) is 0 Å². The molecule has 0 spiro atoms. The second-order valence-electron chi connectivity index (χ2n) is 16.8. The van der Waals surface area contributed by atoms with E-state index in [-0.39, 0.29) is 17.0 Å². The zero-order chi connectivity index (χ0) is 45.5. The number of aliphatic hydroxyl groups excluding tert-OH is 1. The lowest BCUT2D eigenvalue weighted by molar-refractivity contribution is -0.131. The number of ketones is 1. The van der Waals surface area contributed by atoms with E-state index in [1.807, 2.05) is 0 Å². The van der Waals surface area contributed by atoms with Gasteiger partial charge in [-0.25, -0.2) is 9.59 Å². The van der Waals surface area contributed by atoms with Gasteiger partial charge in [0, 0.05) is 78.1 Å². The van der Waals surface area contributed by atoms with Gasteiger partial charge in [-0.15, -0.1) is 0 Å². The minimum absolute atomic E-state index is 0.0826. The van der Waals surface area contributed by atoms with Gasteiger partial charge in [0.15, 0.2) is 17.3 Å². The Morgan fingerprint density at radius 1 is 0.774 bits per heavy atom. The molecule has 2 fully saturated rings. The van der Waals surface area contributed by atoms with E-state index in [1.165, 1.54) is 33.0 Å². The number of urea groups is 2. The number of carbonyl (C=O) groups is 4. The Morgan fingerprint density at radius 3 is 1.76 bits per heavy atom. The van der Waals surface area contributed by atoms with Crippen LogP contribution in [0, 0.1) is 17.8 Å². The van der Waals surface area contributed by atoms with E-state index >= 15 is 0 Å². The Morgan fingerprint density at radius 2 is 1.27 bits per heavy atom. The fourth-order valence-corrected chi connectivity index (χ4v) is 7.30. The van der Waals surface area contributed by atoms with E-state index in [0.717, 1.165) is 26.2 Å². The van der Waals surface area contributed by atoms with Crippen LogP contribution in [0.3, 0.4) is 0 Å². The fraction of sp³-hybridized carbons (Fsp3) is 0.591. The maximum Gasteiger partial charge on any atom is 0.317 e. The summed E-state index contributed by atoms with van der Waals surface area (Å²) in [6.07, 6.45) is -1.59. The van der Waals surface area contributed by atoms with Gasteiger partial charge in [0.05, 0.1) is 56.7 Å². The first-order chi connectivity index (χ1) is 29.5. The monoisotopic (exact) mass is 868 g/mol. The number of rotatable bonds is 21. The zero-order valence-electron chi connectivity index (χ0n) is 37.2. The lowest BCUT2D eigenvalue weighted by Crippen LogP contribution is -2.58.